The molecule has 2 amide bonds. The first-order chi connectivity index (χ1) is 14.4. The number of aryl methyl sites for hydroxylation is 1. The summed E-state index contributed by atoms with van der Waals surface area (Å²) in [7, 11) is 0. The van der Waals surface area contributed by atoms with Crippen LogP contribution in [-0.4, -0.2) is 27.6 Å². The van der Waals surface area contributed by atoms with Crippen molar-refractivity contribution < 1.29 is 9.59 Å². The van der Waals surface area contributed by atoms with Crippen LogP contribution in [0.1, 0.15) is 30.9 Å². The van der Waals surface area contributed by atoms with Gasteiger partial charge in [-0.15, -0.1) is 0 Å². The summed E-state index contributed by atoms with van der Waals surface area (Å²) < 4.78 is 0.512. The fourth-order valence-electron chi connectivity index (χ4n) is 2.89. The highest BCUT2D eigenvalue weighted by Gasteiger charge is 2.31. The summed E-state index contributed by atoms with van der Waals surface area (Å²) in [5.41, 5.74) is 2.72. The standard InChI is InChI=1S/C22H20Cl2N2O2S2/c1-2-14-5-7-15(8-6-14)12-19-21(28)26(22(29)30-19)11-3-4-20(27)25-18-10-9-16(23)13-17(18)24/h5-10,12-13H,2-4,11H2,1H3,(H,25,27)/b19-12-. The van der Waals surface area contributed by atoms with Crippen molar-refractivity contribution in [1.82, 2.24) is 4.90 Å². The van der Waals surface area contributed by atoms with Crippen molar-refractivity contribution >= 4 is 75.1 Å². The Morgan fingerprint density at radius 3 is 2.60 bits per heavy atom. The van der Waals surface area contributed by atoms with Crippen molar-refractivity contribution in [2.45, 2.75) is 26.2 Å². The Hall–Kier alpha value is -1.86. The minimum Gasteiger partial charge on any atom is -0.325 e. The van der Waals surface area contributed by atoms with Crippen LogP contribution in [0.4, 0.5) is 5.69 Å². The van der Waals surface area contributed by atoms with E-state index in [0.717, 1.165) is 12.0 Å². The van der Waals surface area contributed by atoms with E-state index in [1.807, 2.05) is 18.2 Å². The van der Waals surface area contributed by atoms with Gasteiger partial charge in [-0.05, 0) is 48.2 Å². The molecule has 2 aromatic carbocycles. The van der Waals surface area contributed by atoms with Gasteiger partial charge in [0.2, 0.25) is 5.91 Å². The normalized spacial score (nSPS) is 15.2. The maximum absolute atomic E-state index is 12.7. The Morgan fingerprint density at radius 1 is 1.20 bits per heavy atom. The summed E-state index contributed by atoms with van der Waals surface area (Å²) in [5.74, 6) is -0.304. The zero-order valence-corrected chi connectivity index (χ0v) is 19.4. The Morgan fingerprint density at radius 2 is 1.93 bits per heavy atom. The molecule has 8 heteroatoms. The third-order valence-corrected chi connectivity index (χ3v) is 6.48. The zero-order valence-electron chi connectivity index (χ0n) is 16.3. The summed E-state index contributed by atoms with van der Waals surface area (Å²) >= 11 is 18.6. The van der Waals surface area contributed by atoms with Crippen LogP contribution in [0.25, 0.3) is 6.08 Å². The summed E-state index contributed by atoms with van der Waals surface area (Å²) in [6, 6.07) is 13.0. The molecule has 1 heterocycles. The molecule has 2 aromatic rings. The topological polar surface area (TPSA) is 49.4 Å². The molecule has 3 rings (SSSR count). The highest BCUT2D eigenvalue weighted by molar-refractivity contribution is 8.26. The smallest absolute Gasteiger partial charge is 0.266 e. The van der Waals surface area contributed by atoms with Gasteiger partial charge in [0.1, 0.15) is 4.32 Å². The van der Waals surface area contributed by atoms with Crippen molar-refractivity contribution in [1.29, 1.82) is 0 Å². The van der Waals surface area contributed by atoms with E-state index >= 15 is 0 Å². The number of carbonyl (C=O) groups excluding carboxylic acids is 2. The number of hydrogen-bond donors (Lipinski definition) is 1. The SMILES string of the molecule is CCc1ccc(/C=C2\SC(=S)N(CCCC(=O)Nc3ccc(Cl)cc3Cl)C2=O)cc1. The van der Waals surface area contributed by atoms with Crippen LogP contribution < -0.4 is 5.32 Å². The minimum absolute atomic E-state index is 0.120. The van der Waals surface area contributed by atoms with Crippen LogP contribution in [0.3, 0.4) is 0 Å². The van der Waals surface area contributed by atoms with E-state index in [2.05, 4.69) is 24.4 Å². The highest BCUT2D eigenvalue weighted by atomic mass is 35.5. The number of benzene rings is 2. The molecule has 0 radical (unpaired) electrons. The fourth-order valence-corrected chi connectivity index (χ4v) is 4.66. The van der Waals surface area contributed by atoms with Crippen LogP contribution in [0, 0.1) is 0 Å². The molecule has 0 bridgehead atoms. The lowest BCUT2D eigenvalue weighted by Crippen LogP contribution is -2.29. The van der Waals surface area contributed by atoms with Crippen LogP contribution in [0.15, 0.2) is 47.4 Å². The molecule has 1 saturated heterocycles. The number of hydrogen-bond acceptors (Lipinski definition) is 4. The number of carbonyl (C=O) groups is 2. The van der Waals surface area contributed by atoms with Crippen LogP contribution >= 0.6 is 47.2 Å². The zero-order chi connectivity index (χ0) is 21.7. The summed E-state index contributed by atoms with van der Waals surface area (Å²) in [4.78, 5) is 27.0. The van der Waals surface area contributed by atoms with Gasteiger partial charge in [0.05, 0.1) is 15.6 Å². The summed E-state index contributed by atoms with van der Waals surface area (Å²) in [6.07, 6.45) is 3.56. The molecule has 0 atom stereocenters. The van der Waals surface area contributed by atoms with Gasteiger partial charge in [-0.25, -0.2) is 0 Å². The molecule has 0 saturated carbocycles. The third-order valence-electron chi connectivity index (χ3n) is 4.55. The molecular formula is C22H20Cl2N2O2S2. The quantitative estimate of drug-likeness (QED) is 0.381. The maximum atomic E-state index is 12.7. The molecule has 30 heavy (non-hydrogen) atoms. The van der Waals surface area contributed by atoms with Gasteiger partial charge in [-0.1, -0.05) is 78.4 Å². The molecule has 0 spiro atoms. The van der Waals surface area contributed by atoms with Crippen LogP contribution in [0.2, 0.25) is 10.0 Å². The Bertz CT molecular complexity index is 1010. The van der Waals surface area contributed by atoms with E-state index in [1.54, 1.807) is 23.1 Å². The molecule has 4 nitrogen and oxygen atoms in total. The van der Waals surface area contributed by atoms with Crippen molar-refractivity contribution in [3.63, 3.8) is 0 Å². The minimum atomic E-state index is -0.184. The van der Waals surface area contributed by atoms with Gasteiger partial charge in [-0.3, -0.25) is 14.5 Å². The number of amides is 2. The summed E-state index contributed by atoms with van der Waals surface area (Å²) in [5, 5.41) is 3.63. The molecule has 0 aromatic heterocycles. The second-order valence-corrected chi connectivity index (χ2v) is 9.22. The maximum Gasteiger partial charge on any atom is 0.266 e. The number of thiocarbonyl (C=S) groups is 1. The Labute approximate surface area is 195 Å². The number of thioether (sulfide) groups is 1. The van der Waals surface area contributed by atoms with E-state index < -0.39 is 0 Å². The number of halogens is 2. The fraction of sp³-hybridized carbons (Fsp3) is 0.227. The first-order valence-corrected chi connectivity index (χ1v) is 11.4. The van der Waals surface area contributed by atoms with Gasteiger partial charge in [0.25, 0.3) is 5.91 Å². The molecule has 1 aliphatic rings. The monoisotopic (exact) mass is 478 g/mol. The Kier molecular flexibility index (Phi) is 7.94. The molecular weight excluding hydrogens is 459 g/mol. The van der Waals surface area contributed by atoms with Gasteiger partial charge in [-0.2, -0.15) is 0 Å². The van der Waals surface area contributed by atoms with E-state index in [4.69, 9.17) is 35.4 Å². The van der Waals surface area contributed by atoms with Gasteiger partial charge < -0.3 is 5.32 Å². The number of nitrogens with one attached hydrogen (secondary N) is 1. The molecule has 1 N–H and O–H groups in total. The van der Waals surface area contributed by atoms with Gasteiger partial charge in [0.15, 0.2) is 0 Å². The van der Waals surface area contributed by atoms with Crippen LogP contribution in [-0.2, 0) is 16.0 Å². The molecule has 0 unspecified atom stereocenters. The average molecular weight is 479 g/mol. The Balaban J connectivity index is 1.54. The van der Waals surface area contributed by atoms with Crippen molar-refractivity contribution in [3.05, 3.63) is 68.5 Å². The predicted molar refractivity (Wildman–Crippen MR) is 130 cm³/mol. The van der Waals surface area contributed by atoms with Crippen LogP contribution in [0.5, 0.6) is 0 Å². The van der Waals surface area contributed by atoms with E-state index in [0.29, 0.717) is 37.9 Å². The lowest BCUT2D eigenvalue weighted by Gasteiger charge is -2.14. The van der Waals surface area contributed by atoms with E-state index in [9.17, 15) is 9.59 Å². The first-order valence-electron chi connectivity index (χ1n) is 9.46. The van der Waals surface area contributed by atoms with Crippen molar-refractivity contribution in [3.8, 4) is 0 Å². The molecule has 1 fully saturated rings. The third kappa shape index (κ3) is 5.85. The second kappa shape index (κ2) is 10.4. The van der Waals surface area contributed by atoms with E-state index in [1.165, 1.54) is 17.3 Å². The number of anilines is 1. The van der Waals surface area contributed by atoms with Crippen molar-refractivity contribution in [2.75, 3.05) is 11.9 Å². The molecule has 156 valence electrons. The van der Waals surface area contributed by atoms with Gasteiger partial charge in [0, 0.05) is 18.0 Å². The number of nitrogens with zero attached hydrogens (tertiary/aromatic N) is 1. The molecule has 1 aliphatic heterocycles. The predicted octanol–water partition coefficient (Wildman–Crippen LogP) is 6.18. The number of rotatable bonds is 7. The largest absolute Gasteiger partial charge is 0.325 e. The average Bonchev–Trinajstić information content (AvgIpc) is 2.98. The lowest BCUT2D eigenvalue weighted by atomic mass is 10.1. The lowest BCUT2D eigenvalue weighted by molar-refractivity contribution is -0.122. The highest BCUT2D eigenvalue weighted by Crippen LogP contribution is 2.33. The first kappa shape index (κ1) is 22.8. The van der Waals surface area contributed by atoms with Crippen molar-refractivity contribution in [2.24, 2.45) is 0 Å². The molecule has 0 aliphatic carbocycles. The van der Waals surface area contributed by atoms with Gasteiger partial charge >= 0.3 is 0 Å². The second-order valence-electron chi connectivity index (χ2n) is 6.70. The summed E-state index contributed by atoms with van der Waals surface area (Å²) in [6.45, 7) is 2.49. The van der Waals surface area contributed by atoms with E-state index in [-0.39, 0.29) is 18.2 Å².